The number of benzene rings is 1. The van der Waals surface area contributed by atoms with Gasteiger partial charge in [-0.15, -0.1) is 9.59 Å². The Labute approximate surface area is 303 Å². The lowest BCUT2D eigenvalue weighted by Crippen LogP contribution is -2.48. The topological polar surface area (TPSA) is 212 Å². The van der Waals surface area contributed by atoms with E-state index < -0.39 is 5.97 Å². The maximum absolute atomic E-state index is 14.0. The number of hydrogen-bond acceptors (Lipinski definition) is 11. The summed E-state index contributed by atoms with van der Waals surface area (Å²) in [6.45, 7) is 7.05. The number of aromatic nitrogens is 8. The fourth-order valence-corrected chi connectivity index (χ4v) is 5.92. The van der Waals surface area contributed by atoms with E-state index in [2.05, 4.69) is 41.0 Å². The summed E-state index contributed by atoms with van der Waals surface area (Å²) in [4.78, 5) is 60.2. The fourth-order valence-electron chi connectivity index (χ4n) is 5.92. The van der Waals surface area contributed by atoms with Gasteiger partial charge >= 0.3 is 5.97 Å². The molecular weight excluding hydrogens is 689 g/mol. The van der Waals surface area contributed by atoms with Crippen LogP contribution in [0.1, 0.15) is 67.9 Å². The zero-order chi connectivity index (χ0) is 38.1. The Morgan fingerprint density at radius 2 is 1.32 bits per heavy atom. The van der Waals surface area contributed by atoms with E-state index in [4.69, 9.17) is 9.84 Å². The van der Waals surface area contributed by atoms with Crippen molar-refractivity contribution in [2.24, 2.45) is 5.92 Å². The molecule has 4 aromatic heterocycles. The van der Waals surface area contributed by atoms with Gasteiger partial charge in [0.1, 0.15) is 34.6 Å². The Balaban J connectivity index is 0.000000252. The van der Waals surface area contributed by atoms with Crippen LogP contribution in [-0.2, 0) is 9.59 Å². The SMILES string of the molecule is CC(=O)Nc1ccc(-n2nccn2)c(C(=O)N(C(C)C)[C@H]2CCC[C@@H]2COc2ccc(F)cc2)n1.CC(=O)Nc1ccc(-n2nccn2)c(C(=O)O)n1. The number of nitrogens with one attached hydrogen (secondary N) is 2. The molecule has 1 saturated carbocycles. The minimum Gasteiger partial charge on any atom is -0.493 e. The maximum atomic E-state index is 14.0. The number of halogens is 1. The molecule has 1 aliphatic rings. The predicted octanol–water partition coefficient (Wildman–Crippen LogP) is 4.18. The quantitative estimate of drug-likeness (QED) is 0.175. The lowest BCUT2D eigenvalue weighted by molar-refractivity contribution is -0.115. The van der Waals surface area contributed by atoms with Gasteiger partial charge in [0, 0.05) is 31.8 Å². The minimum absolute atomic E-state index is 0.0624. The van der Waals surface area contributed by atoms with Crippen LogP contribution in [0.3, 0.4) is 0 Å². The lowest BCUT2D eigenvalue weighted by atomic mass is 10.0. The van der Waals surface area contributed by atoms with E-state index in [0.29, 0.717) is 18.0 Å². The third-order valence-electron chi connectivity index (χ3n) is 8.07. The van der Waals surface area contributed by atoms with Crippen LogP contribution in [0, 0.1) is 11.7 Å². The first-order valence-electron chi connectivity index (χ1n) is 16.7. The van der Waals surface area contributed by atoms with Gasteiger partial charge in [-0.3, -0.25) is 14.4 Å². The molecule has 53 heavy (non-hydrogen) atoms. The van der Waals surface area contributed by atoms with E-state index >= 15 is 0 Å². The second-order valence-electron chi connectivity index (χ2n) is 12.3. The van der Waals surface area contributed by atoms with Gasteiger partial charge in [0.05, 0.1) is 31.4 Å². The highest BCUT2D eigenvalue weighted by molar-refractivity contribution is 5.97. The summed E-state index contributed by atoms with van der Waals surface area (Å²) < 4.78 is 19.2. The second kappa shape index (κ2) is 17.1. The van der Waals surface area contributed by atoms with Crippen molar-refractivity contribution in [1.82, 2.24) is 44.9 Å². The predicted molar refractivity (Wildman–Crippen MR) is 188 cm³/mol. The highest BCUT2D eigenvalue weighted by atomic mass is 19.1. The Morgan fingerprint density at radius 3 is 1.81 bits per heavy atom. The van der Waals surface area contributed by atoms with Crippen LogP contribution in [0.25, 0.3) is 11.4 Å². The molecule has 1 fully saturated rings. The first-order chi connectivity index (χ1) is 25.4. The number of hydrogen-bond donors (Lipinski definition) is 3. The van der Waals surface area contributed by atoms with E-state index in [0.717, 1.165) is 24.1 Å². The molecule has 1 aliphatic carbocycles. The molecule has 18 heteroatoms. The molecular formula is C35H38FN11O6. The van der Waals surface area contributed by atoms with Gasteiger partial charge in [-0.2, -0.15) is 20.4 Å². The van der Waals surface area contributed by atoms with Gasteiger partial charge < -0.3 is 25.4 Å². The Morgan fingerprint density at radius 1 is 0.811 bits per heavy atom. The maximum Gasteiger partial charge on any atom is 0.356 e. The lowest BCUT2D eigenvalue weighted by Gasteiger charge is -2.36. The minimum atomic E-state index is -1.23. The molecule has 2 atom stereocenters. The Bertz CT molecular complexity index is 2040. The summed E-state index contributed by atoms with van der Waals surface area (Å²) in [5.74, 6) is -1.28. The van der Waals surface area contributed by atoms with Gasteiger partial charge in [-0.05, 0) is 75.2 Å². The smallest absolute Gasteiger partial charge is 0.356 e. The first kappa shape index (κ1) is 37.7. The molecule has 5 aromatic rings. The summed E-state index contributed by atoms with van der Waals surface area (Å²) in [7, 11) is 0. The number of carboxylic acids is 1. The summed E-state index contributed by atoms with van der Waals surface area (Å²) >= 11 is 0. The number of aromatic carboxylic acids is 1. The molecule has 3 amide bonds. The second-order valence-corrected chi connectivity index (χ2v) is 12.3. The van der Waals surface area contributed by atoms with Crippen molar-refractivity contribution in [3.05, 3.63) is 90.5 Å². The van der Waals surface area contributed by atoms with Crippen LogP contribution in [0.2, 0.25) is 0 Å². The van der Waals surface area contributed by atoms with Crippen LogP contribution >= 0.6 is 0 Å². The number of carbonyl (C=O) groups excluding carboxylic acids is 3. The third-order valence-corrected chi connectivity index (χ3v) is 8.07. The summed E-state index contributed by atoms with van der Waals surface area (Å²) in [5.41, 5.74) is 0.571. The van der Waals surface area contributed by atoms with Crippen LogP contribution in [0.15, 0.2) is 73.3 Å². The van der Waals surface area contributed by atoms with Crippen molar-refractivity contribution in [1.29, 1.82) is 0 Å². The van der Waals surface area contributed by atoms with Gasteiger partial charge in [0.25, 0.3) is 5.91 Å². The molecule has 276 valence electrons. The van der Waals surface area contributed by atoms with Crippen LogP contribution in [0.5, 0.6) is 5.75 Å². The number of ether oxygens (including phenoxy) is 1. The van der Waals surface area contributed by atoms with E-state index in [1.807, 2.05) is 18.7 Å². The molecule has 0 saturated heterocycles. The fraction of sp³-hybridized carbons (Fsp3) is 0.314. The Hall–Kier alpha value is -6.59. The number of carboxylic acid groups (broad SMARTS) is 1. The van der Waals surface area contributed by atoms with Crippen molar-refractivity contribution in [3.63, 3.8) is 0 Å². The molecule has 0 bridgehead atoms. The van der Waals surface area contributed by atoms with Crippen molar-refractivity contribution >= 4 is 35.3 Å². The van der Waals surface area contributed by atoms with Crippen LogP contribution in [-0.4, -0.2) is 92.3 Å². The third kappa shape index (κ3) is 9.60. The average molecular weight is 728 g/mol. The van der Waals surface area contributed by atoms with Crippen molar-refractivity contribution in [3.8, 4) is 17.1 Å². The number of pyridine rings is 2. The number of rotatable bonds is 11. The van der Waals surface area contributed by atoms with Crippen molar-refractivity contribution in [2.75, 3.05) is 17.2 Å². The molecule has 0 aliphatic heterocycles. The monoisotopic (exact) mass is 727 g/mol. The zero-order valence-corrected chi connectivity index (χ0v) is 29.4. The summed E-state index contributed by atoms with van der Waals surface area (Å²) in [6, 6.07) is 12.0. The van der Waals surface area contributed by atoms with Gasteiger partial charge in [0.15, 0.2) is 11.4 Å². The number of nitrogens with zero attached hydrogens (tertiary/aromatic N) is 9. The normalized spacial score (nSPS) is 14.9. The average Bonchev–Trinajstić information content (AvgIpc) is 3.92. The molecule has 17 nitrogen and oxygen atoms in total. The molecule has 4 heterocycles. The van der Waals surface area contributed by atoms with Crippen LogP contribution < -0.4 is 15.4 Å². The van der Waals surface area contributed by atoms with Crippen LogP contribution in [0.4, 0.5) is 16.0 Å². The van der Waals surface area contributed by atoms with E-state index in [1.165, 1.54) is 67.7 Å². The molecule has 0 unspecified atom stereocenters. The number of carbonyl (C=O) groups is 4. The van der Waals surface area contributed by atoms with Gasteiger partial charge in [-0.1, -0.05) is 6.42 Å². The summed E-state index contributed by atoms with van der Waals surface area (Å²) in [6.07, 6.45) is 8.61. The first-order valence-corrected chi connectivity index (χ1v) is 16.7. The number of amides is 3. The highest BCUT2D eigenvalue weighted by Gasteiger charge is 2.38. The molecule has 0 radical (unpaired) electrons. The molecule has 6 rings (SSSR count). The Kier molecular flexibility index (Phi) is 12.1. The van der Waals surface area contributed by atoms with Gasteiger partial charge in [-0.25, -0.2) is 19.2 Å². The molecule has 3 N–H and O–H groups in total. The van der Waals surface area contributed by atoms with E-state index in [-0.39, 0.29) is 70.3 Å². The summed E-state index contributed by atoms with van der Waals surface area (Å²) in [5, 5.41) is 30.1. The zero-order valence-electron chi connectivity index (χ0n) is 29.4. The van der Waals surface area contributed by atoms with Crippen molar-refractivity contribution in [2.45, 2.75) is 59.0 Å². The molecule has 1 aromatic carbocycles. The standard InChI is InChI=1S/C25H29FN6O3.C10H9N5O3/c1-16(2)31(21-6-4-5-18(21)15-35-20-9-7-19(26)8-10-20)25(34)24-22(32-27-13-14-28-32)11-12-23(30-24)29-17(3)33;1-6(16)13-8-3-2-7(9(14-8)10(17)18)15-11-4-5-12-15/h7-14,16,18,21H,4-6,15H2,1-3H3,(H,29,30,33);2-5H,1H3,(H,17,18)(H,13,14,16)/t18-,21+;/m1./s1. The largest absolute Gasteiger partial charge is 0.493 e. The van der Waals surface area contributed by atoms with E-state index in [1.54, 1.807) is 24.3 Å². The number of anilines is 2. The van der Waals surface area contributed by atoms with Crippen molar-refractivity contribution < 1.29 is 33.4 Å². The highest BCUT2D eigenvalue weighted by Crippen LogP contribution is 2.33. The molecule has 0 spiro atoms. The van der Waals surface area contributed by atoms with E-state index in [9.17, 15) is 23.6 Å². The van der Waals surface area contributed by atoms with Gasteiger partial charge in [0.2, 0.25) is 11.8 Å².